The molecule has 0 spiro atoms. The Bertz CT molecular complexity index is 1530. The van der Waals surface area contributed by atoms with Gasteiger partial charge in [0, 0.05) is 10.8 Å². The van der Waals surface area contributed by atoms with Gasteiger partial charge in [0.25, 0.3) is 5.91 Å². The van der Waals surface area contributed by atoms with Gasteiger partial charge in [-0.05, 0) is 54.5 Å². The van der Waals surface area contributed by atoms with Crippen LogP contribution in [0.5, 0.6) is 11.5 Å². The highest BCUT2D eigenvalue weighted by Crippen LogP contribution is 2.39. The lowest BCUT2D eigenvalue weighted by Gasteiger charge is -2.49. The summed E-state index contributed by atoms with van der Waals surface area (Å²) in [6, 6.07) is 20.7. The van der Waals surface area contributed by atoms with Crippen molar-refractivity contribution in [2.45, 2.75) is 35.9 Å². The van der Waals surface area contributed by atoms with Crippen molar-refractivity contribution in [1.29, 1.82) is 0 Å². The number of amides is 2. The van der Waals surface area contributed by atoms with Crippen molar-refractivity contribution >= 4 is 37.4 Å². The summed E-state index contributed by atoms with van der Waals surface area (Å²) in [7, 11) is -2.01. The fourth-order valence-electron chi connectivity index (χ4n) is 4.16. The molecular weight excluding hydrogens is 580 g/mol. The Balaban J connectivity index is 1.53. The van der Waals surface area contributed by atoms with E-state index < -0.39 is 50.7 Å². The third-order valence-electron chi connectivity index (χ3n) is 6.27. The van der Waals surface area contributed by atoms with Crippen molar-refractivity contribution in [2.24, 2.45) is 0 Å². The summed E-state index contributed by atoms with van der Waals surface area (Å²) in [6.45, 7) is 4.90. The number of carbonyl (C=O) groups is 3. The maximum absolute atomic E-state index is 13.4. The van der Waals surface area contributed by atoms with Crippen LogP contribution in [0.2, 0.25) is 0 Å². The first-order chi connectivity index (χ1) is 20.1. The predicted molar refractivity (Wildman–Crippen MR) is 157 cm³/mol. The van der Waals surface area contributed by atoms with Crippen LogP contribution in [0, 0.1) is 0 Å². The first-order valence-electron chi connectivity index (χ1n) is 12.8. The summed E-state index contributed by atoms with van der Waals surface area (Å²) in [6.07, 6.45) is 0. The maximum Gasteiger partial charge on any atom is 0.333 e. The molecule has 1 heterocycles. The zero-order valence-electron chi connectivity index (χ0n) is 23.0. The van der Waals surface area contributed by atoms with Crippen molar-refractivity contribution in [3.05, 3.63) is 103 Å². The number of hydrogen-bond donors (Lipinski definition) is 1. The average molecular weight is 611 g/mol. The van der Waals surface area contributed by atoms with Crippen molar-refractivity contribution in [2.75, 3.05) is 13.7 Å². The van der Waals surface area contributed by atoms with E-state index in [1.54, 1.807) is 79.7 Å². The van der Waals surface area contributed by atoms with Gasteiger partial charge in [0.2, 0.25) is 14.8 Å². The van der Waals surface area contributed by atoms with E-state index >= 15 is 0 Å². The number of hydrogen-bond acceptors (Lipinski definition) is 9. The first kappa shape index (κ1) is 30.7. The molecule has 0 radical (unpaired) electrons. The van der Waals surface area contributed by atoms with Gasteiger partial charge in [0.1, 0.15) is 29.5 Å². The quantitative estimate of drug-likeness (QED) is 0.134. The topological polar surface area (TPSA) is 128 Å². The van der Waals surface area contributed by atoms with Gasteiger partial charge >= 0.3 is 5.97 Å². The van der Waals surface area contributed by atoms with E-state index in [-0.39, 0.29) is 17.1 Å². The summed E-state index contributed by atoms with van der Waals surface area (Å²) in [4.78, 5) is 40.5. The molecule has 0 bridgehead atoms. The van der Waals surface area contributed by atoms with Crippen LogP contribution in [0.25, 0.3) is 0 Å². The number of methoxy groups -OCH3 is 1. The van der Waals surface area contributed by atoms with Crippen LogP contribution in [-0.2, 0) is 34.6 Å². The number of ether oxygens (including phenoxy) is 3. The summed E-state index contributed by atoms with van der Waals surface area (Å²) in [5, 5.41) is 1.40. The molecule has 3 aromatic rings. The Hall–Kier alpha value is -4.29. The second-order valence-electron chi connectivity index (χ2n) is 9.35. The fourth-order valence-corrected chi connectivity index (χ4v) is 7.69. The average Bonchev–Trinajstić information content (AvgIpc) is 3.00. The van der Waals surface area contributed by atoms with Crippen LogP contribution in [0.4, 0.5) is 0 Å². The molecule has 3 atom stereocenters. The standard InChI is InChI=1S/C30H30N2O8S2/c1-20(2)27(30(35)40-18-21-14-16-22(38-3)17-15-21)32-28(34)26(31-25(33)19-39-23-10-6-4-7-11-23)29(32)41-42(36,37)24-12-8-5-9-13-24/h4-17,26-27,29H,1,18-19H2,2-3H3,(H,31,33). The zero-order valence-corrected chi connectivity index (χ0v) is 24.6. The smallest absolute Gasteiger partial charge is 0.333 e. The number of benzene rings is 3. The Labute approximate surface area is 248 Å². The zero-order chi connectivity index (χ0) is 30.3. The van der Waals surface area contributed by atoms with Crippen LogP contribution in [0.15, 0.2) is 102 Å². The normalized spacial score (nSPS) is 17.0. The van der Waals surface area contributed by atoms with Crippen molar-refractivity contribution < 1.29 is 37.0 Å². The molecule has 220 valence electrons. The highest BCUT2D eigenvalue weighted by Gasteiger charge is 2.55. The molecule has 1 aliphatic heterocycles. The summed E-state index contributed by atoms with van der Waals surface area (Å²) in [5.41, 5.74) is 0.948. The van der Waals surface area contributed by atoms with Gasteiger partial charge < -0.3 is 24.4 Å². The van der Waals surface area contributed by atoms with Crippen molar-refractivity contribution in [3.63, 3.8) is 0 Å². The lowest BCUT2D eigenvalue weighted by atomic mass is 9.99. The third kappa shape index (κ3) is 7.31. The summed E-state index contributed by atoms with van der Waals surface area (Å²) >= 11 is 0. The van der Waals surface area contributed by atoms with E-state index in [4.69, 9.17) is 14.2 Å². The minimum absolute atomic E-state index is 0.0146. The van der Waals surface area contributed by atoms with E-state index in [9.17, 15) is 22.8 Å². The molecule has 4 rings (SSSR count). The molecule has 1 N–H and O–H groups in total. The SMILES string of the molecule is C=C(C)C(C(=O)OCc1ccc(OC)cc1)N1C(=O)C(NC(=O)COc2ccccc2)C1SS(=O)(=O)c1ccccc1. The summed E-state index contributed by atoms with van der Waals surface area (Å²) in [5.74, 6) is -0.982. The molecule has 10 nitrogen and oxygen atoms in total. The van der Waals surface area contributed by atoms with Gasteiger partial charge in [-0.2, -0.15) is 0 Å². The number of likely N-dealkylation sites (tertiary alicyclic amines) is 1. The van der Waals surface area contributed by atoms with Gasteiger partial charge in [-0.3, -0.25) is 9.59 Å². The number of carbonyl (C=O) groups excluding carboxylic acids is 3. The Kier molecular flexibility index (Phi) is 9.92. The fraction of sp³-hybridized carbons (Fsp3) is 0.233. The largest absolute Gasteiger partial charge is 0.497 e. The number of para-hydroxylation sites is 1. The van der Waals surface area contributed by atoms with E-state index in [1.165, 1.54) is 19.2 Å². The van der Waals surface area contributed by atoms with Crippen LogP contribution >= 0.6 is 10.8 Å². The van der Waals surface area contributed by atoms with Gasteiger partial charge in [-0.15, -0.1) is 0 Å². The number of β-lactam (4-membered cyclic amide) rings is 1. The van der Waals surface area contributed by atoms with E-state index in [0.29, 0.717) is 27.9 Å². The van der Waals surface area contributed by atoms with E-state index in [2.05, 4.69) is 11.9 Å². The molecule has 3 aromatic carbocycles. The Morgan fingerprint density at radius 2 is 1.60 bits per heavy atom. The van der Waals surface area contributed by atoms with E-state index in [1.807, 2.05) is 0 Å². The Morgan fingerprint density at radius 3 is 2.19 bits per heavy atom. The molecule has 2 amide bonds. The van der Waals surface area contributed by atoms with E-state index in [0.717, 1.165) is 4.90 Å². The number of nitrogens with zero attached hydrogens (tertiary/aromatic N) is 1. The van der Waals surface area contributed by atoms with Gasteiger partial charge in [-0.25, -0.2) is 13.2 Å². The van der Waals surface area contributed by atoms with Crippen molar-refractivity contribution in [3.8, 4) is 11.5 Å². The molecule has 1 fully saturated rings. The molecule has 42 heavy (non-hydrogen) atoms. The lowest BCUT2D eigenvalue weighted by Crippen LogP contribution is -2.73. The molecule has 0 saturated carbocycles. The Morgan fingerprint density at radius 1 is 0.976 bits per heavy atom. The minimum atomic E-state index is -4.00. The van der Waals surface area contributed by atoms with Gasteiger partial charge in [0.05, 0.1) is 12.0 Å². The van der Waals surface area contributed by atoms with Gasteiger partial charge in [-0.1, -0.05) is 55.1 Å². The number of esters is 1. The van der Waals surface area contributed by atoms with Crippen LogP contribution < -0.4 is 14.8 Å². The maximum atomic E-state index is 13.4. The van der Waals surface area contributed by atoms with Gasteiger partial charge in [0.15, 0.2) is 12.6 Å². The van der Waals surface area contributed by atoms with Crippen LogP contribution in [0.3, 0.4) is 0 Å². The lowest BCUT2D eigenvalue weighted by molar-refractivity contribution is -0.163. The first-order valence-corrected chi connectivity index (χ1v) is 15.7. The second kappa shape index (κ2) is 13.6. The number of rotatable bonds is 13. The molecule has 0 aliphatic carbocycles. The minimum Gasteiger partial charge on any atom is -0.497 e. The highest BCUT2D eigenvalue weighted by atomic mass is 33.1. The molecule has 3 unspecified atom stereocenters. The monoisotopic (exact) mass is 610 g/mol. The summed E-state index contributed by atoms with van der Waals surface area (Å²) < 4.78 is 42.7. The molecule has 1 aliphatic rings. The highest BCUT2D eigenvalue weighted by molar-refractivity contribution is 8.72. The molecular formula is C30H30N2O8S2. The molecule has 1 saturated heterocycles. The number of nitrogens with one attached hydrogen (secondary N) is 1. The predicted octanol–water partition coefficient (Wildman–Crippen LogP) is 3.54. The molecule has 0 aromatic heterocycles. The van der Waals surface area contributed by atoms with Crippen LogP contribution in [0.1, 0.15) is 12.5 Å². The third-order valence-corrected chi connectivity index (χ3v) is 10.0. The second-order valence-corrected chi connectivity index (χ2v) is 13.3. The molecule has 12 heteroatoms. The van der Waals surface area contributed by atoms with Crippen LogP contribution in [-0.4, -0.2) is 62.3 Å². The van der Waals surface area contributed by atoms with Crippen molar-refractivity contribution in [1.82, 2.24) is 10.2 Å².